The van der Waals surface area contributed by atoms with E-state index in [9.17, 15) is 0 Å². The Morgan fingerprint density at radius 1 is 0.700 bits per heavy atom. The van der Waals surface area contributed by atoms with Crippen LogP contribution in [0, 0.1) is 0 Å². The largest absolute Gasteiger partial charge is 0.497 e. The number of quaternary nitrogens is 1. The van der Waals surface area contributed by atoms with Gasteiger partial charge in [0.15, 0.2) is 0 Å². The standard InChI is InChI=1S/C38H38NO/c1-9-13-27(10-2)39(7)35-15-12-11-14-31(35)37(3,4)34-23-30-29-21-18-26(25-16-19-28(40-8)20-17-25)22-32(29)38(5,6)33(30)24-36(34)39/h9-24H,1-2H2,3-8H3/q+1/b27-13+. The Morgan fingerprint density at radius 3 is 2.02 bits per heavy atom. The molecule has 40 heavy (non-hydrogen) atoms. The lowest BCUT2D eigenvalue weighted by atomic mass is 9.71. The highest BCUT2D eigenvalue weighted by Crippen LogP contribution is 2.59. The van der Waals surface area contributed by atoms with Crippen LogP contribution in [0.5, 0.6) is 5.75 Å². The minimum absolute atomic E-state index is 0.148. The molecule has 0 amide bonds. The lowest BCUT2D eigenvalue weighted by Gasteiger charge is -2.46. The van der Waals surface area contributed by atoms with Crippen LogP contribution in [-0.2, 0) is 10.8 Å². The number of nitrogens with zero attached hydrogens (tertiary/aromatic N) is 1. The molecule has 0 spiro atoms. The molecular weight excluding hydrogens is 486 g/mol. The molecule has 2 heteroatoms. The van der Waals surface area contributed by atoms with Gasteiger partial charge in [-0.15, -0.1) is 0 Å². The van der Waals surface area contributed by atoms with Crippen LogP contribution in [0.3, 0.4) is 0 Å². The summed E-state index contributed by atoms with van der Waals surface area (Å²) >= 11 is 0. The van der Waals surface area contributed by atoms with Gasteiger partial charge in [0.1, 0.15) is 22.8 Å². The fourth-order valence-corrected chi connectivity index (χ4v) is 7.07. The Labute approximate surface area is 239 Å². The topological polar surface area (TPSA) is 9.23 Å². The Morgan fingerprint density at radius 2 is 1.35 bits per heavy atom. The van der Waals surface area contributed by atoms with Crippen molar-refractivity contribution in [3.8, 4) is 28.0 Å². The van der Waals surface area contributed by atoms with Gasteiger partial charge in [-0.25, -0.2) is 4.48 Å². The van der Waals surface area contributed by atoms with Crippen molar-refractivity contribution in [2.45, 2.75) is 38.5 Å². The van der Waals surface area contributed by atoms with E-state index in [1.807, 2.05) is 24.3 Å². The molecule has 0 radical (unpaired) electrons. The zero-order chi connectivity index (χ0) is 28.4. The van der Waals surface area contributed by atoms with E-state index >= 15 is 0 Å². The average Bonchev–Trinajstić information content (AvgIpc) is 3.19. The quantitative estimate of drug-likeness (QED) is 0.186. The van der Waals surface area contributed by atoms with Gasteiger partial charge in [-0.3, -0.25) is 0 Å². The van der Waals surface area contributed by atoms with Gasteiger partial charge in [0, 0.05) is 34.1 Å². The molecule has 1 atom stereocenters. The second kappa shape index (κ2) is 8.94. The summed E-state index contributed by atoms with van der Waals surface area (Å²) in [6.07, 6.45) is 5.95. The summed E-state index contributed by atoms with van der Waals surface area (Å²) in [4.78, 5) is 0. The first kappa shape index (κ1) is 26.1. The van der Waals surface area contributed by atoms with Gasteiger partial charge in [-0.1, -0.05) is 89.4 Å². The summed E-state index contributed by atoms with van der Waals surface area (Å²) in [6.45, 7) is 17.7. The van der Waals surface area contributed by atoms with Crippen molar-refractivity contribution in [3.05, 3.63) is 138 Å². The molecule has 200 valence electrons. The molecule has 0 fully saturated rings. The number of hydrogen-bond donors (Lipinski definition) is 0. The average molecular weight is 525 g/mol. The monoisotopic (exact) mass is 524 g/mol. The lowest BCUT2D eigenvalue weighted by molar-refractivity contribution is 0.415. The molecule has 6 rings (SSSR count). The van der Waals surface area contributed by atoms with Crippen molar-refractivity contribution in [2.75, 3.05) is 14.2 Å². The number of ether oxygens (including phenoxy) is 1. The molecule has 0 saturated heterocycles. The minimum Gasteiger partial charge on any atom is -0.497 e. The Kier molecular flexibility index (Phi) is 5.83. The van der Waals surface area contributed by atoms with Crippen LogP contribution < -0.4 is 9.22 Å². The number of likely N-dealkylation sites (N-methyl/N-ethyl adjacent to an activating group) is 1. The summed E-state index contributed by atoms with van der Waals surface area (Å²) in [7, 11) is 4.01. The molecule has 1 aliphatic carbocycles. The second-order valence-electron chi connectivity index (χ2n) is 12.2. The molecule has 0 saturated carbocycles. The normalized spacial score (nSPS) is 19.6. The van der Waals surface area contributed by atoms with Crippen molar-refractivity contribution in [1.29, 1.82) is 0 Å². The van der Waals surface area contributed by atoms with Crippen LogP contribution in [0.4, 0.5) is 11.4 Å². The zero-order valence-electron chi connectivity index (χ0n) is 24.5. The van der Waals surface area contributed by atoms with E-state index in [-0.39, 0.29) is 10.8 Å². The van der Waals surface area contributed by atoms with Gasteiger partial charge >= 0.3 is 0 Å². The summed E-state index contributed by atoms with van der Waals surface area (Å²) < 4.78 is 5.94. The van der Waals surface area contributed by atoms with Crippen molar-refractivity contribution in [3.63, 3.8) is 0 Å². The van der Waals surface area contributed by atoms with Crippen LogP contribution in [0.15, 0.2) is 116 Å². The number of para-hydroxylation sites is 1. The van der Waals surface area contributed by atoms with E-state index in [4.69, 9.17) is 4.74 Å². The number of methoxy groups -OCH3 is 1. The van der Waals surface area contributed by atoms with Crippen LogP contribution >= 0.6 is 0 Å². The fraction of sp³-hybridized carbons (Fsp3) is 0.211. The highest BCUT2D eigenvalue weighted by atomic mass is 16.5. The van der Waals surface area contributed by atoms with Crippen molar-refractivity contribution in [2.24, 2.45) is 0 Å². The SMILES string of the molecule is C=C/C=C(\C=C)[N+]1(C)c2ccccc2C(C)(C)c2cc3c(cc21)C(C)(C)c1cc(-c2ccc(OC)cc2)ccc1-3. The predicted octanol–water partition coefficient (Wildman–Crippen LogP) is 9.83. The third-order valence-electron chi connectivity index (χ3n) is 9.44. The number of benzene rings is 4. The zero-order valence-corrected chi connectivity index (χ0v) is 24.5. The molecule has 2 nitrogen and oxygen atoms in total. The molecule has 0 N–H and O–H groups in total. The third kappa shape index (κ3) is 3.46. The van der Waals surface area contributed by atoms with E-state index in [0.29, 0.717) is 4.48 Å². The fourth-order valence-electron chi connectivity index (χ4n) is 7.07. The van der Waals surface area contributed by atoms with Crippen molar-refractivity contribution in [1.82, 2.24) is 4.48 Å². The Bertz CT molecular complexity index is 1720. The maximum absolute atomic E-state index is 5.38. The number of allylic oxidation sites excluding steroid dienone is 3. The first-order valence-electron chi connectivity index (χ1n) is 14.0. The van der Waals surface area contributed by atoms with Gasteiger partial charge in [0.2, 0.25) is 0 Å². The number of fused-ring (bicyclic) bond motifs is 5. The minimum atomic E-state index is -0.158. The summed E-state index contributed by atoms with van der Waals surface area (Å²) in [5.41, 5.74) is 13.9. The van der Waals surface area contributed by atoms with Gasteiger partial charge in [0.25, 0.3) is 0 Å². The maximum atomic E-state index is 5.38. The van der Waals surface area contributed by atoms with Gasteiger partial charge in [-0.2, -0.15) is 0 Å². The van der Waals surface area contributed by atoms with E-state index < -0.39 is 0 Å². The Hall–Kier alpha value is -4.14. The molecule has 1 unspecified atom stereocenters. The van der Waals surface area contributed by atoms with Crippen molar-refractivity contribution >= 4 is 11.4 Å². The molecular formula is C38H38NO+. The van der Waals surface area contributed by atoms with E-state index in [0.717, 1.165) is 11.4 Å². The molecule has 4 aromatic carbocycles. The van der Waals surface area contributed by atoms with E-state index in [1.165, 1.54) is 55.9 Å². The predicted molar refractivity (Wildman–Crippen MR) is 170 cm³/mol. The first-order chi connectivity index (χ1) is 19.1. The molecule has 0 bridgehead atoms. The summed E-state index contributed by atoms with van der Waals surface area (Å²) in [6, 6.07) is 29.1. The summed E-state index contributed by atoms with van der Waals surface area (Å²) in [5.74, 6) is 0.873. The first-order valence-corrected chi connectivity index (χ1v) is 14.0. The highest BCUT2D eigenvalue weighted by molar-refractivity contribution is 5.89. The highest BCUT2D eigenvalue weighted by Gasteiger charge is 2.49. The summed E-state index contributed by atoms with van der Waals surface area (Å²) in [5, 5.41) is 0. The molecule has 1 aliphatic heterocycles. The van der Waals surface area contributed by atoms with Gasteiger partial charge < -0.3 is 4.74 Å². The molecule has 0 aromatic heterocycles. The third-order valence-corrected chi connectivity index (χ3v) is 9.44. The van der Waals surface area contributed by atoms with Gasteiger partial charge in [-0.05, 0) is 69.8 Å². The molecule has 1 heterocycles. The lowest BCUT2D eigenvalue weighted by Crippen LogP contribution is -2.45. The van der Waals surface area contributed by atoms with E-state index in [2.05, 4.69) is 121 Å². The van der Waals surface area contributed by atoms with E-state index in [1.54, 1.807) is 7.11 Å². The van der Waals surface area contributed by atoms with Gasteiger partial charge in [0.05, 0.1) is 14.2 Å². The van der Waals surface area contributed by atoms with Crippen LogP contribution in [0.1, 0.15) is 49.9 Å². The smallest absolute Gasteiger partial charge is 0.147 e. The van der Waals surface area contributed by atoms with Crippen LogP contribution in [0.25, 0.3) is 22.3 Å². The van der Waals surface area contributed by atoms with Crippen LogP contribution in [-0.4, -0.2) is 14.2 Å². The maximum Gasteiger partial charge on any atom is 0.147 e. The Balaban J connectivity index is 1.61. The number of rotatable bonds is 5. The molecule has 2 aliphatic rings. The second-order valence-corrected chi connectivity index (χ2v) is 12.2. The van der Waals surface area contributed by atoms with Crippen LogP contribution in [0.2, 0.25) is 0 Å². The van der Waals surface area contributed by atoms with Crippen molar-refractivity contribution < 1.29 is 4.74 Å². The molecule has 4 aromatic rings. The number of hydrogen-bond acceptors (Lipinski definition) is 1.